The summed E-state index contributed by atoms with van der Waals surface area (Å²) >= 11 is 0. The van der Waals surface area contributed by atoms with Gasteiger partial charge in [0, 0.05) is 17.7 Å². The van der Waals surface area contributed by atoms with E-state index in [9.17, 15) is 19.7 Å². The van der Waals surface area contributed by atoms with Gasteiger partial charge in [-0.1, -0.05) is 18.2 Å². The number of carbonyl (C=O) groups excluding carboxylic acids is 2. The number of nitro benzene ring substituents is 1. The molecule has 2 aromatic carbocycles. The van der Waals surface area contributed by atoms with E-state index in [0.717, 1.165) is 0 Å². The van der Waals surface area contributed by atoms with Gasteiger partial charge in [-0.25, -0.2) is 5.43 Å². The van der Waals surface area contributed by atoms with Gasteiger partial charge < -0.3 is 5.32 Å². The molecule has 8 heteroatoms. The van der Waals surface area contributed by atoms with Crippen LogP contribution >= 0.6 is 0 Å². The molecule has 0 spiro atoms. The molecule has 8 nitrogen and oxygen atoms in total. The number of nitrogens with zero attached hydrogens (tertiary/aromatic N) is 2. The summed E-state index contributed by atoms with van der Waals surface area (Å²) < 4.78 is 0. The Morgan fingerprint density at radius 1 is 1.08 bits per heavy atom. The van der Waals surface area contributed by atoms with E-state index in [2.05, 4.69) is 15.8 Å². The van der Waals surface area contributed by atoms with E-state index in [1.165, 1.54) is 30.5 Å². The monoisotopic (exact) mass is 326 g/mol. The Labute approximate surface area is 137 Å². The van der Waals surface area contributed by atoms with Crippen LogP contribution in [0.1, 0.15) is 15.9 Å². The highest BCUT2D eigenvalue weighted by atomic mass is 16.6. The minimum atomic E-state index is -0.502. The maximum atomic E-state index is 11.7. The average Bonchev–Trinajstić information content (AvgIpc) is 2.61. The Balaban J connectivity index is 1.78. The van der Waals surface area contributed by atoms with Crippen molar-refractivity contribution in [3.05, 3.63) is 75.8 Å². The summed E-state index contributed by atoms with van der Waals surface area (Å²) in [6.45, 7) is -0.217. The lowest BCUT2D eigenvalue weighted by Gasteiger charge is -2.03. The van der Waals surface area contributed by atoms with Crippen LogP contribution in [0.5, 0.6) is 0 Å². The van der Waals surface area contributed by atoms with Crippen molar-refractivity contribution in [2.45, 2.75) is 0 Å². The number of nitrogens with one attached hydrogen (secondary N) is 2. The second-order valence-corrected chi connectivity index (χ2v) is 4.69. The molecule has 0 radical (unpaired) electrons. The van der Waals surface area contributed by atoms with Crippen molar-refractivity contribution in [1.29, 1.82) is 0 Å². The lowest BCUT2D eigenvalue weighted by molar-refractivity contribution is -0.384. The van der Waals surface area contributed by atoms with Crippen LogP contribution in [0, 0.1) is 10.1 Å². The fourth-order valence-corrected chi connectivity index (χ4v) is 1.75. The van der Waals surface area contributed by atoms with Gasteiger partial charge in [-0.05, 0) is 29.8 Å². The molecule has 0 aliphatic heterocycles. The molecule has 0 heterocycles. The third-order valence-corrected chi connectivity index (χ3v) is 2.95. The minimum Gasteiger partial charge on any atom is -0.343 e. The predicted octanol–water partition coefficient (Wildman–Crippen LogP) is 1.47. The molecule has 0 saturated heterocycles. The van der Waals surface area contributed by atoms with Crippen molar-refractivity contribution >= 4 is 23.7 Å². The third-order valence-electron chi connectivity index (χ3n) is 2.95. The molecule has 0 fully saturated rings. The summed E-state index contributed by atoms with van der Waals surface area (Å²) in [5.74, 6) is -0.845. The minimum absolute atomic E-state index is 0.0280. The van der Waals surface area contributed by atoms with Crippen molar-refractivity contribution in [3.63, 3.8) is 0 Å². The zero-order valence-corrected chi connectivity index (χ0v) is 12.5. The summed E-state index contributed by atoms with van der Waals surface area (Å²) in [7, 11) is 0. The first-order valence-corrected chi connectivity index (χ1v) is 6.96. The summed E-state index contributed by atoms with van der Waals surface area (Å²) in [5.41, 5.74) is 3.28. The van der Waals surface area contributed by atoms with E-state index in [4.69, 9.17) is 0 Å². The molecule has 24 heavy (non-hydrogen) atoms. The number of amides is 2. The van der Waals surface area contributed by atoms with Gasteiger partial charge in [0.2, 0.25) is 0 Å². The molecule has 2 aromatic rings. The van der Waals surface area contributed by atoms with Crippen LogP contribution in [0.25, 0.3) is 0 Å². The molecule has 0 bridgehead atoms. The first-order valence-electron chi connectivity index (χ1n) is 6.96. The lowest BCUT2D eigenvalue weighted by Crippen LogP contribution is -2.34. The highest BCUT2D eigenvalue weighted by molar-refractivity contribution is 5.96. The first-order chi connectivity index (χ1) is 11.6. The van der Waals surface area contributed by atoms with Gasteiger partial charge in [0.15, 0.2) is 0 Å². The molecule has 0 aromatic heterocycles. The molecule has 0 aliphatic rings. The van der Waals surface area contributed by atoms with Crippen molar-refractivity contribution in [2.75, 3.05) is 6.54 Å². The van der Waals surface area contributed by atoms with Crippen LogP contribution < -0.4 is 10.7 Å². The lowest BCUT2D eigenvalue weighted by atomic mass is 10.2. The highest BCUT2D eigenvalue weighted by Crippen LogP contribution is 2.10. The van der Waals surface area contributed by atoms with Gasteiger partial charge in [0.25, 0.3) is 17.5 Å². The van der Waals surface area contributed by atoms with Gasteiger partial charge in [0.1, 0.15) is 0 Å². The van der Waals surface area contributed by atoms with E-state index in [-0.39, 0.29) is 18.1 Å². The van der Waals surface area contributed by atoms with Crippen molar-refractivity contribution in [1.82, 2.24) is 10.7 Å². The fraction of sp³-hybridized carbons (Fsp3) is 0.0625. The summed E-state index contributed by atoms with van der Waals surface area (Å²) in [6, 6.07) is 14.2. The third kappa shape index (κ3) is 5.02. The van der Waals surface area contributed by atoms with Crippen LogP contribution in [0.2, 0.25) is 0 Å². The van der Waals surface area contributed by atoms with E-state index in [1.807, 2.05) is 0 Å². The van der Waals surface area contributed by atoms with Crippen LogP contribution in [-0.2, 0) is 4.79 Å². The molecule has 0 saturated carbocycles. The number of benzene rings is 2. The summed E-state index contributed by atoms with van der Waals surface area (Å²) in [4.78, 5) is 33.4. The quantitative estimate of drug-likeness (QED) is 0.475. The van der Waals surface area contributed by atoms with E-state index >= 15 is 0 Å². The van der Waals surface area contributed by atoms with Crippen LogP contribution in [-0.4, -0.2) is 29.5 Å². The van der Waals surface area contributed by atoms with Gasteiger partial charge in [-0.15, -0.1) is 0 Å². The number of nitro groups is 1. The number of hydrogen-bond acceptors (Lipinski definition) is 5. The maximum absolute atomic E-state index is 11.7. The Kier molecular flexibility index (Phi) is 5.73. The Hall–Kier alpha value is -3.55. The molecular weight excluding hydrogens is 312 g/mol. The van der Waals surface area contributed by atoms with Crippen molar-refractivity contribution < 1.29 is 14.5 Å². The number of carbonyl (C=O) groups is 2. The van der Waals surface area contributed by atoms with Crippen molar-refractivity contribution in [2.24, 2.45) is 5.10 Å². The standard InChI is InChI=1S/C16H14N4O4/c21-15(11-17-16(22)13-4-2-1-3-5-13)19-18-10-12-6-8-14(9-7-12)20(23)24/h1-10H,11H2,(H,17,22)(H,19,21)/b18-10-. The van der Waals surface area contributed by atoms with Crippen LogP contribution in [0.3, 0.4) is 0 Å². The number of hydrogen-bond donors (Lipinski definition) is 2. The zero-order chi connectivity index (χ0) is 17.4. The molecule has 122 valence electrons. The van der Waals surface area contributed by atoms with Crippen molar-refractivity contribution in [3.8, 4) is 0 Å². The number of non-ortho nitro benzene ring substituents is 1. The van der Waals surface area contributed by atoms with Gasteiger partial charge in [-0.3, -0.25) is 19.7 Å². The van der Waals surface area contributed by atoms with Gasteiger partial charge in [-0.2, -0.15) is 5.10 Å². The maximum Gasteiger partial charge on any atom is 0.269 e. The fourth-order valence-electron chi connectivity index (χ4n) is 1.75. The van der Waals surface area contributed by atoms with E-state index in [0.29, 0.717) is 11.1 Å². The van der Waals surface area contributed by atoms with Gasteiger partial charge in [0.05, 0.1) is 17.7 Å². The van der Waals surface area contributed by atoms with Crippen LogP contribution in [0.4, 0.5) is 5.69 Å². The largest absolute Gasteiger partial charge is 0.343 e. The Morgan fingerprint density at radius 2 is 1.75 bits per heavy atom. The number of hydrazone groups is 1. The molecule has 0 atom stereocenters. The Bertz CT molecular complexity index is 757. The molecule has 0 aliphatic carbocycles. The molecule has 2 amide bonds. The van der Waals surface area contributed by atoms with E-state index < -0.39 is 10.8 Å². The first kappa shape index (κ1) is 16.8. The zero-order valence-electron chi connectivity index (χ0n) is 12.5. The SMILES string of the molecule is O=C(CNC(=O)c1ccccc1)N/N=C\c1ccc([N+](=O)[O-])cc1. The Morgan fingerprint density at radius 3 is 2.38 bits per heavy atom. The molecule has 0 unspecified atom stereocenters. The topological polar surface area (TPSA) is 114 Å². The predicted molar refractivity (Wildman–Crippen MR) is 87.6 cm³/mol. The number of rotatable bonds is 6. The molecule has 2 N–H and O–H groups in total. The normalized spacial score (nSPS) is 10.3. The van der Waals surface area contributed by atoms with Crippen LogP contribution in [0.15, 0.2) is 59.7 Å². The average molecular weight is 326 g/mol. The summed E-state index contributed by atoms with van der Waals surface area (Å²) in [6.07, 6.45) is 1.35. The van der Waals surface area contributed by atoms with Gasteiger partial charge >= 0.3 is 0 Å². The second kappa shape index (κ2) is 8.18. The smallest absolute Gasteiger partial charge is 0.269 e. The highest BCUT2D eigenvalue weighted by Gasteiger charge is 2.06. The molecular formula is C16H14N4O4. The summed E-state index contributed by atoms with van der Waals surface area (Å²) in [5, 5.41) is 16.7. The second-order valence-electron chi connectivity index (χ2n) is 4.69. The van der Waals surface area contributed by atoms with E-state index in [1.54, 1.807) is 30.3 Å². The molecule has 2 rings (SSSR count).